The Balaban J connectivity index is 2.46. The largest absolute Gasteiger partial charge is 0.480 e. The van der Waals surface area contributed by atoms with Crippen LogP contribution in [0.1, 0.15) is 40.0 Å². The maximum Gasteiger partial charge on any atom is 0.319 e. The van der Waals surface area contributed by atoms with Crippen molar-refractivity contribution in [2.75, 3.05) is 12.3 Å². The SMILES string of the molecule is CC1CCCCN1C(=O)CSC(C)(C)C(=O)O. The lowest BCUT2D eigenvalue weighted by Crippen LogP contribution is -2.43. The van der Waals surface area contributed by atoms with Crippen LogP contribution in [0.25, 0.3) is 0 Å². The average Bonchev–Trinajstić information content (AvgIpc) is 2.26. The van der Waals surface area contributed by atoms with Crippen LogP contribution in [0.15, 0.2) is 0 Å². The first-order chi connectivity index (χ1) is 7.84. The lowest BCUT2D eigenvalue weighted by atomic mass is 10.0. The monoisotopic (exact) mass is 259 g/mol. The zero-order chi connectivity index (χ0) is 13.1. The number of carbonyl (C=O) groups is 2. The summed E-state index contributed by atoms with van der Waals surface area (Å²) in [5.41, 5.74) is 0. The molecule has 1 N–H and O–H groups in total. The number of piperidine rings is 1. The van der Waals surface area contributed by atoms with E-state index in [1.165, 1.54) is 18.2 Å². The molecule has 4 nitrogen and oxygen atoms in total. The molecule has 1 unspecified atom stereocenters. The summed E-state index contributed by atoms with van der Waals surface area (Å²) in [5, 5.41) is 8.97. The van der Waals surface area contributed by atoms with Gasteiger partial charge >= 0.3 is 5.97 Å². The molecule has 1 saturated heterocycles. The molecule has 5 heteroatoms. The van der Waals surface area contributed by atoms with Crippen LogP contribution < -0.4 is 0 Å². The molecular formula is C12H21NO3S. The lowest BCUT2D eigenvalue weighted by Gasteiger charge is -2.34. The van der Waals surface area contributed by atoms with Gasteiger partial charge in [-0.05, 0) is 40.0 Å². The van der Waals surface area contributed by atoms with E-state index in [4.69, 9.17) is 5.11 Å². The second-order valence-electron chi connectivity index (χ2n) is 5.04. The molecule has 0 spiro atoms. The predicted octanol–water partition coefficient (Wildman–Crippen LogP) is 1.98. The number of likely N-dealkylation sites (tertiary alicyclic amines) is 1. The van der Waals surface area contributed by atoms with E-state index in [1.54, 1.807) is 13.8 Å². The molecule has 0 saturated carbocycles. The third-order valence-electron chi connectivity index (χ3n) is 3.19. The molecule has 0 aromatic rings. The predicted molar refractivity (Wildman–Crippen MR) is 69.2 cm³/mol. The van der Waals surface area contributed by atoms with Gasteiger partial charge in [0.15, 0.2) is 0 Å². The van der Waals surface area contributed by atoms with Crippen LogP contribution in [0.5, 0.6) is 0 Å². The van der Waals surface area contributed by atoms with Gasteiger partial charge < -0.3 is 10.0 Å². The highest BCUT2D eigenvalue weighted by molar-refractivity contribution is 8.01. The van der Waals surface area contributed by atoms with Crippen LogP contribution in [-0.4, -0.2) is 45.0 Å². The minimum atomic E-state index is -0.894. The zero-order valence-electron chi connectivity index (χ0n) is 10.7. The van der Waals surface area contributed by atoms with Crippen molar-refractivity contribution < 1.29 is 14.7 Å². The Morgan fingerprint density at radius 2 is 2.06 bits per heavy atom. The van der Waals surface area contributed by atoms with E-state index < -0.39 is 10.7 Å². The normalized spacial score (nSPS) is 21.4. The summed E-state index contributed by atoms with van der Waals surface area (Å²) >= 11 is 1.20. The van der Waals surface area contributed by atoms with Crippen molar-refractivity contribution in [3.05, 3.63) is 0 Å². The molecule has 1 fully saturated rings. The molecule has 0 aromatic carbocycles. The van der Waals surface area contributed by atoms with Gasteiger partial charge in [0, 0.05) is 12.6 Å². The van der Waals surface area contributed by atoms with E-state index in [0.29, 0.717) is 6.04 Å². The summed E-state index contributed by atoms with van der Waals surface area (Å²) in [6, 6.07) is 0.296. The summed E-state index contributed by atoms with van der Waals surface area (Å²) in [6.45, 7) is 6.14. The van der Waals surface area contributed by atoms with E-state index in [-0.39, 0.29) is 11.7 Å². The van der Waals surface area contributed by atoms with Crippen molar-refractivity contribution in [3.8, 4) is 0 Å². The van der Waals surface area contributed by atoms with Crippen LogP contribution in [0.2, 0.25) is 0 Å². The van der Waals surface area contributed by atoms with Crippen LogP contribution in [-0.2, 0) is 9.59 Å². The van der Waals surface area contributed by atoms with Crippen molar-refractivity contribution in [1.82, 2.24) is 4.90 Å². The highest BCUT2D eigenvalue weighted by Gasteiger charge is 2.30. The van der Waals surface area contributed by atoms with E-state index >= 15 is 0 Å². The number of aliphatic carboxylic acids is 1. The summed E-state index contributed by atoms with van der Waals surface area (Å²) < 4.78 is -0.894. The number of nitrogens with zero attached hydrogens (tertiary/aromatic N) is 1. The summed E-state index contributed by atoms with van der Waals surface area (Å²) in [6.07, 6.45) is 3.29. The number of carbonyl (C=O) groups excluding carboxylic acids is 1. The van der Waals surface area contributed by atoms with Crippen molar-refractivity contribution in [3.63, 3.8) is 0 Å². The molecule has 1 amide bonds. The minimum Gasteiger partial charge on any atom is -0.480 e. The zero-order valence-corrected chi connectivity index (χ0v) is 11.5. The molecule has 17 heavy (non-hydrogen) atoms. The molecule has 1 atom stereocenters. The third kappa shape index (κ3) is 3.91. The minimum absolute atomic E-state index is 0.0662. The van der Waals surface area contributed by atoms with Gasteiger partial charge in [0.25, 0.3) is 0 Å². The van der Waals surface area contributed by atoms with E-state index in [2.05, 4.69) is 6.92 Å². The Kier molecular flexibility index (Phi) is 4.86. The number of thioether (sulfide) groups is 1. The van der Waals surface area contributed by atoms with Gasteiger partial charge in [-0.25, -0.2) is 0 Å². The molecule has 0 aliphatic carbocycles. The number of rotatable bonds is 4. The summed E-state index contributed by atoms with van der Waals surface area (Å²) in [7, 11) is 0. The molecular weight excluding hydrogens is 238 g/mol. The van der Waals surface area contributed by atoms with Gasteiger partial charge in [-0.15, -0.1) is 11.8 Å². The van der Waals surface area contributed by atoms with Gasteiger partial charge in [-0.1, -0.05) is 0 Å². The Hall–Kier alpha value is -0.710. The number of carboxylic acid groups (broad SMARTS) is 1. The first kappa shape index (κ1) is 14.4. The maximum absolute atomic E-state index is 12.0. The molecule has 1 aliphatic rings. The second kappa shape index (κ2) is 5.76. The van der Waals surface area contributed by atoms with Gasteiger partial charge in [-0.3, -0.25) is 9.59 Å². The molecule has 98 valence electrons. The highest BCUT2D eigenvalue weighted by Crippen LogP contribution is 2.26. The number of amides is 1. The third-order valence-corrected chi connectivity index (χ3v) is 4.48. The highest BCUT2D eigenvalue weighted by atomic mass is 32.2. The van der Waals surface area contributed by atoms with Crippen LogP contribution in [0.4, 0.5) is 0 Å². The first-order valence-corrected chi connectivity index (χ1v) is 7.00. The quantitative estimate of drug-likeness (QED) is 0.838. The lowest BCUT2D eigenvalue weighted by molar-refractivity contribution is -0.138. The van der Waals surface area contributed by atoms with Gasteiger partial charge in [0.1, 0.15) is 4.75 Å². The summed E-state index contributed by atoms with van der Waals surface area (Å²) in [5.74, 6) is -0.553. The maximum atomic E-state index is 12.0. The molecule has 0 radical (unpaired) electrons. The standard InChI is InChI=1S/C12H21NO3S/c1-9-6-4-5-7-13(9)10(14)8-17-12(2,3)11(15)16/h9H,4-8H2,1-3H3,(H,15,16). The van der Waals surface area contributed by atoms with E-state index in [9.17, 15) is 9.59 Å². The average molecular weight is 259 g/mol. The number of hydrogen-bond acceptors (Lipinski definition) is 3. The Labute approximate surface area is 107 Å². The van der Waals surface area contributed by atoms with Crippen LogP contribution >= 0.6 is 11.8 Å². The second-order valence-corrected chi connectivity index (χ2v) is 6.63. The van der Waals surface area contributed by atoms with Gasteiger partial charge in [0.05, 0.1) is 5.75 Å². The smallest absolute Gasteiger partial charge is 0.319 e. The van der Waals surface area contributed by atoms with Crippen molar-refractivity contribution in [2.45, 2.75) is 50.8 Å². The van der Waals surface area contributed by atoms with Crippen molar-refractivity contribution in [1.29, 1.82) is 0 Å². The van der Waals surface area contributed by atoms with Crippen molar-refractivity contribution >= 4 is 23.6 Å². The summed E-state index contributed by atoms with van der Waals surface area (Å²) in [4.78, 5) is 24.8. The molecule has 1 heterocycles. The molecule has 1 aliphatic heterocycles. The number of hydrogen-bond donors (Lipinski definition) is 1. The molecule has 0 bridgehead atoms. The fourth-order valence-electron chi connectivity index (χ4n) is 1.86. The first-order valence-electron chi connectivity index (χ1n) is 6.01. The Bertz CT molecular complexity index is 304. The molecule has 0 aromatic heterocycles. The van der Waals surface area contributed by atoms with E-state index in [0.717, 1.165) is 19.4 Å². The fraction of sp³-hybridized carbons (Fsp3) is 0.833. The Morgan fingerprint density at radius 1 is 1.41 bits per heavy atom. The number of carboxylic acids is 1. The Morgan fingerprint density at radius 3 is 2.59 bits per heavy atom. The van der Waals surface area contributed by atoms with Gasteiger partial charge in [-0.2, -0.15) is 0 Å². The topological polar surface area (TPSA) is 57.6 Å². The fourth-order valence-corrected chi connectivity index (χ4v) is 2.63. The van der Waals surface area contributed by atoms with Crippen molar-refractivity contribution in [2.24, 2.45) is 0 Å². The van der Waals surface area contributed by atoms with E-state index in [1.807, 2.05) is 4.90 Å². The van der Waals surface area contributed by atoms with Crippen LogP contribution in [0, 0.1) is 0 Å². The molecule has 1 rings (SSSR count). The van der Waals surface area contributed by atoms with Gasteiger partial charge in [0.2, 0.25) is 5.91 Å². The van der Waals surface area contributed by atoms with Crippen LogP contribution in [0.3, 0.4) is 0 Å².